The van der Waals surface area contributed by atoms with E-state index in [0.717, 1.165) is 0 Å². The molecule has 0 amide bonds. The van der Waals surface area contributed by atoms with E-state index >= 15 is 0 Å². The molecule has 0 aliphatic rings. The molecule has 0 fully saturated rings. The van der Waals surface area contributed by atoms with E-state index in [9.17, 15) is 0 Å². The number of hydrogen-bond donors (Lipinski definition) is 0. The molecule has 0 N–H and O–H groups in total. The molecule has 0 saturated heterocycles. The molecule has 0 aliphatic carbocycles. The summed E-state index contributed by atoms with van der Waals surface area (Å²) in [7, 11) is -1.34. The van der Waals surface area contributed by atoms with E-state index in [1.54, 1.807) is 0 Å². The van der Waals surface area contributed by atoms with E-state index in [-0.39, 0.29) is 35.4 Å². The van der Waals surface area contributed by atoms with Gasteiger partial charge in [-0.15, -0.1) is 0 Å². The van der Waals surface area contributed by atoms with E-state index in [0.29, 0.717) is 0 Å². The summed E-state index contributed by atoms with van der Waals surface area (Å²) in [6, 6.07) is 97.0. The third kappa shape index (κ3) is 13.1. The molecule has 294 valence electrons. The molecular weight excluding hydrogens is 969 g/mol. The first-order chi connectivity index (χ1) is 28.3. The maximum atomic E-state index is 2.23. The Kier molecular flexibility index (Phi) is 19.2. The molecule has 0 aromatic heterocycles. The Morgan fingerprint density at radius 1 is 0.169 bits per heavy atom. The summed E-state index contributed by atoms with van der Waals surface area (Å²) in [5.74, 6) is 0. The Balaban J connectivity index is 0.000000236. The van der Waals surface area contributed by atoms with Crippen molar-refractivity contribution in [2.24, 2.45) is 0 Å². The van der Waals surface area contributed by atoms with E-state index < -0.39 is 23.8 Å². The normalized spacial score (nSPS) is 10.2. The molecule has 0 unspecified atom stereocenters. The molecule has 0 atom stereocenters. The quantitative estimate of drug-likeness (QED) is 0.131. The van der Waals surface area contributed by atoms with Crippen LogP contribution in [0, 0.1) is 0 Å². The zero-order valence-corrected chi connectivity index (χ0v) is 38.4. The number of rotatable bonds is 9. The van der Waals surface area contributed by atoms with E-state index in [1.165, 1.54) is 47.7 Å². The van der Waals surface area contributed by atoms with Gasteiger partial charge >= 0.3 is 20.1 Å². The van der Waals surface area contributed by atoms with Gasteiger partial charge in [0.25, 0.3) is 0 Å². The van der Waals surface area contributed by atoms with Gasteiger partial charge in [0.2, 0.25) is 0 Å². The monoisotopic (exact) mass is 1020 g/mol. The first-order valence-corrected chi connectivity index (χ1v) is 23.2. The van der Waals surface area contributed by atoms with Crippen LogP contribution in [-0.2, 0) is 20.1 Å². The number of halogens is 1. The van der Waals surface area contributed by atoms with Gasteiger partial charge in [0.05, 0.1) is 0 Å². The smallest absolute Gasteiger partial charge is 1.00 e. The minimum absolute atomic E-state index is 0. The van der Waals surface area contributed by atoms with Gasteiger partial charge in [-0.1, -0.05) is 273 Å². The fourth-order valence-corrected chi connectivity index (χ4v) is 13.5. The standard InChI is InChI=1S/3C18H15P.ClH.Ir.2H/c3*1-4-10-16(11-5-1)19(17-12-6-2-7-13-17)18-14-8-3-9-15-18;;;;/h3*1-15H;1H;;;/q;;;;+3;2*-1/p-1. The Bertz CT molecular complexity index is 1880. The average Bonchev–Trinajstić information content (AvgIpc) is 3.30. The fraction of sp³-hybridized carbons (Fsp3) is 0. The zero-order chi connectivity index (χ0) is 38.7. The van der Waals surface area contributed by atoms with Gasteiger partial charge in [0, 0.05) is 0 Å². The minimum Gasteiger partial charge on any atom is -1.00 e. The number of hydrogen-bond acceptors (Lipinski definition) is 0. The van der Waals surface area contributed by atoms with Crippen LogP contribution < -0.4 is 60.1 Å². The predicted molar refractivity (Wildman–Crippen MR) is 258 cm³/mol. The molecule has 0 heterocycles. The van der Waals surface area contributed by atoms with Crippen LogP contribution in [0.2, 0.25) is 0 Å². The number of benzene rings is 9. The summed E-state index contributed by atoms with van der Waals surface area (Å²) in [5, 5.41) is 12.6. The molecule has 0 radical (unpaired) electrons. The molecule has 0 nitrogen and oxygen atoms in total. The van der Waals surface area contributed by atoms with E-state index in [1.807, 2.05) is 0 Å². The third-order valence-corrected chi connectivity index (χ3v) is 16.5. The summed E-state index contributed by atoms with van der Waals surface area (Å²) < 4.78 is 0. The van der Waals surface area contributed by atoms with Crippen LogP contribution in [0.3, 0.4) is 0 Å². The van der Waals surface area contributed by atoms with Crippen molar-refractivity contribution in [1.82, 2.24) is 0 Å². The molecule has 59 heavy (non-hydrogen) atoms. The van der Waals surface area contributed by atoms with E-state index in [4.69, 9.17) is 0 Å². The second-order valence-corrected chi connectivity index (χ2v) is 19.7. The molecule has 0 saturated carbocycles. The van der Waals surface area contributed by atoms with Gasteiger partial charge in [-0.3, -0.25) is 0 Å². The third-order valence-electron chi connectivity index (χ3n) is 9.13. The summed E-state index contributed by atoms with van der Waals surface area (Å²) >= 11 is 0. The fourth-order valence-electron chi connectivity index (χ4n) is 6.54. The van der Waals surface area contributed by atoms with Gasteiger partial charge in [-0.25, -0.2) is 0 Å². The Morgan fingerprint density at radius 3 is 0.339 bits per heavy atom. The molecule has 0 aliphatic heterocycles. The van der Waals surface area contributed by atoms with Gasteiger partial charge in [0.1, 0.15) is 0 Å². The van der Waals surface area contributed by atoms with Crippen molar-refractivity contribution in [3.8, 4) is 0 Å². The average molecular weight is 1020 g/mol. The first kappa shape index (κ1) is 45.3. The molecule has 0 bridgehead atoms. The van der Waals surface area contributed by atoms with Crippen LogP contribution >= 0.6 is 23.8 Å². The molecule has 9 rings (SSSR count). The zero-order valence-electron chi connectivity index (χ0n) is 34.5. The van der Waals surface area contributed by atoms with Crippen LogP contribution in [0.4, 0.5) is 0 Å². The van der Waals surface area contributed by atoms with Crippen molar-refractivity contribution in [3.63, 3.8) is 0 Å². The predicted octanol–water partition coefficient (Wildman–Crippen LogP) is 7.56. The van der Waals surface area contributed by atoms with Crippen molar-refractivity contribution in [3.05, 3.63) is 273 Å². The molecule has 0 spiro atoms. The largest absolute Gasteiger partial charge is 3.00 e. The first-order valence-electron chi connectivity index (χ1n) is 19.2. The topological polar surface area (TPSA) is 0 Å². The van der Waals surface area contributed by atoms with Crippen LogP contribution in [0.1, 0.15) is 2.85 Å². The van der Waals surface area contributed by atoms with Gasteiger partial charge in [0.15, 0.2) is 0 Å². The maximum Gasteiger partial charge on any atom is 3.00 e. The Hall–Kier alpha value is -4.79. The summed E-state index contributed by atoms with van der Waals surface area (Å²) in [4.78, 5) is 0. The Morgan fingerprint density at radius 2 is 0.254 bits per heavy atom. The summed E-state index contributed by atoms with van der Waals surface area (Å²) in [5.41, 5.74) is 0. The molecule has 5 heteroatoms. The maximum absolute atomic E-state index is 2.23. The van der Waals surface area contributed by atoms with Crippen LogP contribution in [-0.4, -0.2) is 0 Å². The second-order valence-electron chi connectivity index (χ2n) is 13.0. The van der Waals surface area contributed by atoms with Crippen molar-refractivity contribution in [2.75, 3.05) is 0 Å². The SMILES string of the molecule is [Cl-].[H-].[H-].[Ir+3].c1ccc(P(c2ccccc2)c2ccccc2)cc1.c1ccc(P(c2ccccc2)c2ccccc2)cc1.c1ccc(P(c2ccccc2)c2ccccc2)cc1. The van der Waals surface area contributed by atoms with Crippen molar-refractivity contribution in [1.29, 1.82) is 0 Å². The second kappa shape index (κ2) is 25.0. The van der Waals surface area contributed by atoms with Crippen molar-refractivity contribution >= 4 is 71.5 Å². The summed E-state index contributed by atoms with van der Waals surface area (Å²) in [6.45, 7) is 0. The van der Waals surface area contributed by atoms with Gasteiger partial charge in [-0.2, -0.15) is 0 Å². The van der Waals surface area contributed by atoms with Gasteiger partial charge < -0.3 is 15.3 Å². The molecule has 9 aromatic carbocycles. The Labute approximate surface area is 377 Å². The molecule has 9 aromatic rings. The summed E-state index contributed by atoms with van der Waals surface area (Å²) in [6.07, 6.45) is 0. The van der Waals surface area contributed by atoms with Crippen LogP contribution in [0.15, 0.2) is 273 Å². The minimum atomic E-state index is -0.446. The molecular formula is C54H47ClIrP3. The van der Waals surface area contributed by atoms with Crippen molar-refractivity contribution in [2.45, 2.75) is 0 Å². The van der Waals surface area contributed by atoms with Gasteiger partial charge in [-0.05, 0) is 71.5 Å². The van der Waals surface area contributed by atoms with Crippen LogP contribution in [0.5, 0.6) is 0 Å². The van der Waals surface area contributed by atoms with Crippen molar-refractivity contribution < 1.29 is 35.4 Å². The van der Waals surface area contributed by atoms with Crippen LogP contribution in [0.25, 0.3) is 0 Å². The van der Waals surface area contributed by atoms with E-state index in [2.05, 4.69) is 273 Å².